The van der Waals surface area contributed by atoms with Gasteiger partial charge in [0.15, 0.2) is 0 Å². The van der Waals surface area contributed by atoms with Crippen molar-refractivity contribution in [1.29, 1.82) is 0 Å². The molecule has 0 radical (unpaired) electrons. The Morgan fingerprint density at radius 1 is 1.38 bits per heavy atom. The van der Waals surface area contributed by atoms with E-state index in [1.54, 1.807) is 0 Å². The smallest absolute Gasteiger partial charge is 0.0667 e. The summed E-state index contributed by atoms with van der Waals surface area (Å²) in [5.74, 6) is 0.824. The highest BCUT2D eigenvalue weighted by Crippen LogP contribution is 2.14. The molecular weight excluding hydrogens is 164 g/mol. The van der Waals surface area contributed by atoms with Gasteiger partial charge in [-0.05, 0) is 44.8 Å². The van der Waals surface area contributed by atoms with Gasteiger partial charge in [0.25, 0.3) is 0 Å². The van der Waals surface area contributed by atoms with Crippen LogP contribution >= 0.6 is 0 Å². The first kappa shape index (κ1) is 9.44. The summed E-state index contributed by atoms with van der Waals surface area (Å²) in [7, 11) is 0. The molecule has 76 valence electrons. The monoisotopic (exact) mass is 184 g/mol. The van der Waals surface area contributed by atoms with Crippen molar-refractivity contribution in [3.8, 4) is 0 Å². The fourth-order valence-corrected chi connectivity index (χ4v) is 2.43. The number of hydrogen-bond acceptors (Lipinski definition) is 3. The molecule has 0 saturated carbocycles. The van der Waals surface area contributed by atoms with Crippen molar-refractivity contribution in [1.82, 2.24) is 10.2 Å². The summed E-state index contributed by atoms with van der Waals surface area (Å²) in [5, 5.41) is 12.9. The van der Waals surface area contributed by atoms with E-state index < -0.39 is 0 Å². The van der Waals surface area contributed by atoms with Crippen LogP contribution in [0, 0.1) is 5.92 Å². The Hall–Kier alpha value is -0.120. The van der Waals surface area contributed by atoms with Gasteiger partial charge in [-0.25, -0.2) is 0 Å². The van der Waals surface area contributed by atoms with E-state index in [-0.39, 0.29) is 6.10 Å². The third-order valence-corrected chi connectivity index (χ3v) is 3.16. The highest BCUT2D eigenvalue weighted by atomic mass is 16.3. The zero-order chi connectivity index (χ0) is 9.10. The van der Waals surface area contributed by atoms with Crippen LogP contribution in [0.4, 0.5) is 0 Å². The molecule has 2 N–H and O–H groups in total. The van der Waals surface area contributed by atoms with Crippen molar-refractivity contribution in [2.75, 3.05) is 32.7 Å². The van der Waals surface area contributed by atoms with E-state index in [0.29, 0.717) is 0 Å². The highest BCUT2D eigenvalue weighted by molar-refractivity contribution is 4.78. The number of nitrogens with one attached hydrogen (secondary N) is 1. The molecule has 2 saturated heterocycles. The molecule has 2 atom stereocenters. The number of rotatable bonds is 2. The zero-order valence-electron chi connectivity index (χ0n) is 8.21. The van der Waals surface area contributed by atoms with Crippen molar-refractivity contribution >= 4 is 0 Å². The first-order chi connectivity index (χ1) is 6.34. The molecule has 0 spiro atoms. The van der Waals surface area contributed by atoms with Crippen LogP contribution in [0.3, 0.4) is 0 Å². The summed E-state index contributed by atoms with van der Waals surface area (Å²) in [4.78, 5) is 2.42. The first-order valence-electron chi connectivity index (χ1n) is 5.46. The molecule has 2 fully saturated rings. The van der Waals surface area contributed by atoms with Crippen LogP contribution in [-0.2, 0) is 0 Å². The summed E-state index contributed by atoms with van der Waals surface area (Å²) in [6.45, 7) is 5.63. The second-order valence-electron chi connectivity index (χ2n) is 4.41. The molecule has 0 aromatic heterocycles. The van der Waals surface area contributed by atoms with Crippen molar-refractivity contribution in [2.45, 2.75) is 25.4 Å². The maximum absolute atomic E-state index is 9.50. The first-order valence-corrected chi connectivity index (χ1v) is 5.46. The quantitative estimate of drug-likeness (QED) is 0.636. The second kappa shape index (κ2) is 4.40. The topological polar surface area (TPSA) is 35.5 Å². The van der Waals surface area contributed by atoms with Crippen LogP contribution in [0.1, 0.15) is 19.3 Å². The average Bonchev–Trinajstić information content (AvgIpc) is 2.57. The third kappa shape index (κ3) is 2.66. The minimum Gasteiger partial charge on any atom is -0.392 e. The van der Waals surface area contributed by atoms with Gasteiger partial charge in [-0.1, -0.05) is 0 Å². The fourth-order valence-electron chi connectivity index (χ4n) is 2.43. The van der Waals surface area contributed by atoms with E-state index in [9.17, 15) is 5.11 Å². The van der Waals surface area contributed by atoms with Gasteiger partial charge in [0.2, 0.25) is 0 Å². The lowest BCUT2D eigenvalue weighted by Crippen LogP contribution is -2.41. The molecular formula is C10H20N2O. The van der Waals surface area contributed by atoms with Gasteiger partial charge in [0.05, 0.1) is 6.10 Å². The Morgan fingerprint density at radius 2 is 2.31 bits per heavy atom. The summed E-state index contributed by atoms with van der Waals surface area (Å²) in [6.07, 6.45) is 3.41. The normalized spacial score (nSPS) is 36.7. The number of piperidine rings is 1. The molecule has 0 aliphatic carbocycles. The molecule has 0 aromatic rings. The molecule has 0 bridgehead atoms. The number of aliphatic hydroxyl groups excluding tert-OH is 1. The van der Waals surface area contributed by atoms with E-state index in [4.69, 9.17) is 0 Å². The predicted octanol–water partition coefficient (Wildman–Crippen LogP) is 0.0526. The van der Waals surface area contributed by atoms with Crippen LogP contribution in [0.15, 0.2) is 0 Å². The second-order valence-corrected chi connectivity index (χ2v) is 4.41. The zero-order valence-corrected chi connectivity index (χ0v) is 8.21. The van der Waals surface area contributed by atoms with Crippen LogP contribution in [0.2, 0.25) is 0 Å². The molecule has 0 aromatic carbocycles. The van der Waals surface area contributed by atoms with Crippen molar-refractivity contribution in [2.24, 2.45) is 5.92 Å². The standard InChI is InChI=1S/C10H20N2O/c13-10-2-1-5-12(8-10)7-9-3-4-11-6-9/h9-11,13H,1-8H2. The molecule has 0 amide bonds. The van der Waals surface area contributed by atoms with Crippen LogP contribution in [0.5, 0.6) is 0 Å². The van der Waals surface area contributed by atoms with E-state index in [0.717, 1.165) is 18.9 Å². The summed E-state index contributed by atoms with van der Waals surface area (Å²) >= 11 is 0. The minimum atomic E-state index is -0.0666. The van der Waals surface area contributed by atoms with E-state index in [2.05, 4.69) is 10.2 Å². The van der Waals surface area contributed by atoms with Gasteiger partial charge in [0, 0.05) is 13.1 Å². The molecule has 13 heavy (non-hydrogen) atoms. The number of hydrogen-bond donors (Lipinski definition) is 2. The largest absolute Gasteiger partial charge is 0.392 e. The Bertz CT molecular complexity index is 157. The van der Waals surface area contributed by atoms with Crippen molar-refractivity contribution < 1.29 is 5.11 Å². The Morgan fingerprint density at radius 3 is 3.00 bits per heavy atom. The van der Waals surface area contributed by atoms with Gasteiger partial charge < -0.3 is 15.3 Å². The lowest BCUT2D eigenvalue weighted by atomic mass is 10.0. The van der Waals surface area contributed by atoms with Crippen LogP contribution in [0.25, 0.3) is 0 Å². The van der Waals surface area contributed by atoms with Crippen LogP contribution < -0.4 is 5.32 Å². The Balaban J connectivity index is 1.73. The number of likely N-dealkylation sites (tertiary alicyclic amines) is 1. The third-order valence-electron chi connectivity index (χ3n) is 3.16. The van der Waals surface area contributed by atoms with Gasteiger partial charge in [0.1, 0.15) is 0 Å². The van der Waals surface area contributed by atoms with Crippen molar-refractivity contribution in [3.63, 3.8) is 0 Å². The van der Waals surface area contributed by atoms with Gasteiger partial charge in [-0.2, -0.15) is 0 Å². The number of nitrogens with zero attached hydrogens (tertiary/aromatic N) is 1. The molecule has 3 heteroatoms. The van der Waals surface area contributed by atoms with Crippen molar-refractivity contribution in [3.05, 3.63) is 0 Å². The maximum Gasteiger partial charge on any atom is 0.0667 e. The Kier molecular flexibility index (Phi) is 3.19. The fraction of sp³-hybridized carbons (Fsp3) is 1.00. The van der Waals surface area contributed by atoms with Gasteiger partial charge in [-0.3, -0.25) is 0 Å². The van der Waals surface area contributed by atoms with E-state index >= 15 is 0 Å². The lowest BCUT2D eigenvalue weighted by molar-refractivity contribution is 0.0635. The lowest BCUT2D eigenvalue weighted by Gasteiger charge is -2.31. The van der Waals surface area contributed by atoms with E-state index in [1.165, 1.54) is 39.0 Å². The molecule has 2 aliphatic heterocycles. The predicted molar refractivity (Wildman–Crippen MR) is 52.7 cm³/mol. The molecule has 2 rings (SSSR count). The maximum atomic E-state index is 9.50. The van der Waals surface area contributed by atoms with Gasteiger partial charge in [-0.15, -0.1) is 0 Å². The summed E-state index contributed by atoms with van der Waals surface area (Å²) in [5.41, 5.74) is 0. The molecule has 2 unspecified atom stereocenters. The van der Waals surface area contributed by atoms with Crippen LogP contribution in [-0.4, -0.2) is 48.8 Å². The SMILES string of the molecule is OC1CCCN(CC2CCNC2)C1. The molecule has 3 nitrogen and oxygen atoms in total. The highest BCUT2D eigenvalue weighted by Gasteiger charge is 2.22. The summed E-state index contributed by atoms with van der Waals surface area (Å²) < 4.78 is 0. The van der Waals surface area contributed by atoms with E-state index in [1.807, 2.05) is 0 Å². The average molecular weight is 184 g/mol. The minimum absolute atomic E-state index is 0.0666. The summed E-state index contributed by atoms with van der Waals surface area (Å²) in [6, 6.07) is 0. The van der Waals surface area contributed by atoms with Gasteiger partial charge >= 0.3 is 0 Å². The number of aliphatic hydroxyl groups is 1. The Labute approximate surface area is 80.1 Å². The molecule has 2 heterocycles. The number of β-amino-alcohol motifs (C(OH)–C–C–N with tert-alkyl or cyclic N) is 1. The molecule has 2 aliphatic rings.